The second-order valence-corrected chi connectivity index (χ2v) is 8.07. The Morgan fingerprint density at radius 3 is 2.83 bits per heavy atom. The first-order chi connectivity index (χ1) is 10.9. The third kappa shape index (κ3) is 2.88. The second-order valence-electron chi connectivity index (χ2n) is 6.18. The Bertz CT molecular complexity index is 717. The number of nitrogens with zero attached hydrogens (tertiary/aromatic N) is 2. The molecule has 1 N–H and O–H groups in total. The Balaban J connectivity index is 1.95. The highest BCUT2D eigenvalue weighted by molar-refractivity contribution is 7.89. The van der Waals surface area contributed by atoms with Crippen molar-refractivity contribution in [3.8, 4) is 0 Å². The Labute approximate surface area is 137 Å². The Hall–Kier alpha value is -1.44. The van der Waals surface area contributed by atoms with Gasteiger partial charge in [-0.1, -0.05) is 6.07 Å². The average Bonchev–Trinajstić information content (AvgIpc) is 3.13. The van der Waals surface area contributed by atoms with E-state index in [1.54, 1.807) is 21.3 Å². The summed E-state index contributed by atoms with van der Waals surface area (Å²) in [5, 5.41) is 3.07. The molecule has 23 heavy (non-hydrogen) atoms. The largest absolute Gasteiger partial charge is 0.318 e. The minimum absolute atomic E-state index is 0.00200. The van der Waals surface area contributed by atoms with Crippen LogP contribution in [0.15, 0.2) is 23.1 Å². The van der Waals surface area contributed by atoms with Crippen LogP contribution < -0.4 is 10.2 Å². The van der Waals surface area contributed by atoms with Crippen LogP contribution in [0.1, 0.15) is 25.3 Å². The number of rotatable bonds is 4. The van der Waals surface area contributed by atoms with Crippen LogP contribution in [-0.2, 0) is 21.2 Å². The maximum absolute atomic E-state index is 13.0. The molecule has 0 unspecified atom stereocenters. The molecule has 1 amide bonds. The van der Waals surface area contributed by atoms with Crippen molar-refractivity contribution >= 4 is 21.6 Å². The molecule has 126 valence electrons. The van der Waals surface area contributed by atoms with Gasteiger partial charge < -0.3 is 10.2 Å². The highest BCUT2D eigenvalue weighted by atomic mass is 32.2. The molecule has 0 aliphatic carbocycles. The Morgan fingerprint density at radius 2 is 2.13 bits per heavy atom. The van der Waals surface area contributed by atoms with Crippen LogP contribution in [-0.4, -0.2) is 51.4 Å². The van der Waals surface area contributed by atoms with E-state index < -0.39 is 10.0 Å². The van der Waals surface area contributed by atoms with Crippen molar-refractivity contribution in [2.75, 3.05) is 31.6 Å². The average molecular weight is 337 g/mol. The van der Waals surface area contributed by atoms with E-state index in [1.165, 1.54) is 6.92 Å². The lowest BCUT2D eigenvalue weighted by Crippen LogP contribution is -2.40. The van der Waals surface area contributed by atoms with Crippen LogP contribution >= 0.6 is 0 Å². The standard InChI is InChI=1S/C16H23N3O3S/c1-12(20)18-9-7-13-5-6-15(10-16(13)18)23(21,22)19-8-3-4-14(19)11-17-2/h5-6,10,14,17H,3-4,7-9,11H2,1-2H3/t14-/m1/s1. The van der Waals surface area contributed by atoms with Gasteiger partial charge in [-0.3, -0.25) is 4.79 Å². The number of benzene rings is 1. The maximum atomic E-state index is 13.0. The Kier molecular flexibility index (Phi) is 4.44. The molecule has 1 fully saturated rings. The number of likely N-dealkylation sites (N-methyl/N-ethyl adjacent to an activating group) is 1. The predicted octanol–water partition coefficient (Wildman–Crippen LogP) is 0.968. The van der Waals surface area contributed by atoms with Gasteiger partial charge in [0.05, 0.1) is 4.90 Å². The molecule has 0 aromatic heterocycles. The van der Waals surface area contributed by atoms with Crippen LogP contribution in [0.5, 0.6) is 0 Å². The van der Waals surface area contributed by atoms with Crippen LogP contribution in [0.2, 0.25) is 0 Å². The van der Waals surface area contributed by atoms with Crippen molar-refractivity contribution in [3.63, 3.8) is 0 Å². The molecule has 0 bridgehead atoms. The first-order valence-electron chi connectivity index (χ1n) is 8.02. The van der Waals surface area contributed by atoms with E-state index >= 15 is 0 Å². The molecule has 1 saturated heterocycles. The number of nitrogens with one attached hydrogen (secondary N) is 1. The first-order valence-corrected chi connectivity index (χ1v) is 9.46. The summed E-state index contributed by atoms with van der Waals surface area (Å²) in [6.45, 7) is 3.35. The van der Waals surface area contributed by atoms with Crippen LogP contribution in [0.4, 0.5) is 5.69 Å². The van der Waals surface area contributed by atoms with E-state index in [9.17, 15) is 13.2 Å². The fourth-order valence-corrected chi connectivity index (χ4v) is 5.26. The summed E-state index contributed by atoms with van der Waals surface area (Å²) < 4.78 is 27.6. The summed E-state index contributed by atoms with van der Waals surface area (Å²) in [5.41, 5.74) is 1.77. The van der Waals surface area contributed by atoms with Gasteiger partial charge in [0.25, 0.3) is 0 Å². The fraction of sp³-hybridized carbons (Fsp3) is 0.562. The topological polar surface area (TPSA) is 69.7 Å². The molecule has 1 atom stereocenters. The number of anilines is 1. The molecule has 0 spiro atoms. The first kappa shape index (κ1) is 16.4. The van der Waals surface area contributed by atoms with E-state index in [-0.39, 0.29) is 16.8 Å². The number of sulfonamides is 1. The van der Waals surface area contributed by atoms with Gasteiger partial charge in [0.1, 0.15) is 0 Å². The van der Waals surface area contributed by atoms with Gasteiger partial charge in [-0.2, -0.15) is 4.31 Å². The van der Waals surface area contributed by atoms with Gasteiger partial charge in [-0.05, 0) is 44.0 Å². The van der Waals surface area contributed by atoms with E-state index in [2.05, 4.69) is 5.32 Å². The molecule has 0 saturated carbocycles. The molecule has 7 heteroatoms. The van der Waals surface area contributed by atoms with Crippen molar-refractivity contribution in [2.45, 2.75) is 37.1 Å². The summed E-state index contributed by atoms with van der Waals surface area (Å²) >= 11 is 0. The number of hydrogen-bond donors (Lipinski definition) is 1. The third-order valence-corrected chi connectivity index (χ3v) is 6.65. The summed E-state index contributed by atoms with van der Waals surface area (Å²) in [4.78, 5) is 13.7. The molecule has 2 heterocycles. The van der Waals surface area contributed by atoms with Crippen LogP contribution in [0.3, 0.4) is 0 Å². The zero-order valence-corrected chi connectivity index (χ0v) is 14.4. The Morgan fingerprint density at radius 1 is 1.35 bits per heavy atom. The summed E-state index contributed by atoms with van der Waals surface area (Å²) in [5.74, 6) is -0.0486. The lowest BCUT2D eigenvalue weighted by Gasteiger charge is -2.24. The molecule has 1 aromatic carbocycles. The van der Waals surface area contributed by atoms with Crippen molar-refractivity contribution < 1.29 is 13.2 Å². The summed E-state index contributed by atoms with van der Waals surface area (Å²) in [7, 11) is -1.69. The maximum Gasteiger partial charge on any atom is 0.243 e. The zero-order valence-electron chi connectivity index (χ0n) is 13.6. The molecule has 2 aliphatic heterocycles. The minimum Gasteiger partial charge on any atom is -0.318 e. The van der Waals surface area contributed by atoms with Gasteiger partial charge in [0.2, 0.25) is 15.9 Å². The lowest BCUT2D eigenvalue weighted by atomic mass is 10.2. The minimum atomic E-state index is -3.53. The van der Waals surface area contributed by atoms with Crippen LogP contribution in [0, 0.1) is 0 Å². The van der Waals surface area contributed by atoms with Gasteiger partial charge in [-0.15, -0.1) is 0 Å². The zero-order chi connectivity index (χ0) is 16.6. The van der Waals surface area contributed by atoms with Crippen molar-refractivity contribution in [1.29, 1.82) is 0 Å². The SMILES string of the molecule is CNC[C@H]1CCCN1S(=O)(=O)c1ccc2c(c1)N(C(C)=O)CC2. The summed E-state index contributed by atoms with van der Waals surface area (Å²) in [6.07, 6.45) is 2.54. The smallest absolute Gasteiger partial charge is 0.243 e. The molecule has 3 rings (SSSR count). The van der Waals surface area contributed by atoms with Gasteiger partial charge in [-0.25, -0.2) is 8.42 Å². The number of fused-ring (bicyclic) bond motifs is 1. The highest BCUT2D eigenvalue weighted by Gasteiger charge is 2.35. The van der Waals surface area contributed by atoms with Gasteiger partial charge >= 0.3 is 0 Å². The number of carbonyl (C=O) groups is 1. The number of carbonyl (C=O) groups excluding carboxylic acids is 1. The van der Waals surface area contributed by atoms with E-state index in [0.717, 1.165) is 30.5 Å². The molecular formula is C16H23N3O3S. The molecule has 0 radical (unpaired) electrons. The quantitative estimate of drug-likeness (QED) is 0.889. The van der Waals surface area contributed by atoms with Crippen molar-refractivity contribution in [3.05, 3.63) is 23.8 Å². The fourth-order valence-electron chi connectivity index (χ4n) is 3.55. The highest BCUT2D eigenvalue weighted by Crippen LogP contribution is 2.33. The monoisotopic (exact) mass is 337 g/mol. The van der Waals surface area contributed by atoms with Crippen molar-refractivity contribution in [2.24, 2.45) is 0 Å². The summed E-state index contributed by atoms with van der Waals surface area (Å²) in [6, 6.07) is 5.18. The van der Waals surface area contributed by atoms with Crippen molar-refractivity contribution in [1.82, 2.24) is 9.62 Å². The van der Waals surface area contributed by atoms with E-state index in [1.807, 2.05) is 13.1 Å². The number of amides is 1. The van der Waals surface area contributed by atoms with E-state index in [0.29, 0.717) is 19.6 Å². The van der Waals surface area contributed by atoms with Gasteiger partial charge in [0.15, 0.2) is 0 Å². The lowest BCUT2D eigenvalue weighted by molar-refractivity contribution is -0.116. The second kappa shape index (κ2) is 6.22. The van der Waals surface area contributed by atoms with E-state index in [4.69, 9.17) is 0 Å². The normalized spacial score (nSPS) is 21.7. The van der Waals surface area contributed by atoms with Gasteiger partial charge in [0, 0.05) is 38.3 Å². The molecule has 1 aromatic rings. The molecular weight excluding hydrogens is 314 g/mol. The van der Waals surface area contributed by atoms with Crippen LogP contribution in [0.25, 0.3) is 0 Å². The molecule has 2 aliphatic rings. The number of hydrogen-bond acceptors (Lipinski definition) is 4. The molecule has 6 nitrogen and oxygen atoms in total. The predicted molar refractivity (Wildman–Crippen MR) is 89.0 cm³/mol. The third-order valence-electron chi connectivity index (χ3n) is 4.70.